The summed E-state index contributed by atoms with van der Waals surface area (Å²) in [5.74, 6) is -6.43. The summed E-state index contributed by atoms with van der Waals surface area (Å²) in [6.45, 7) is -0.428. The zero-order valence-corrected chi connectivity index (χ0v) is 16.3. The molecule has 0 unspecified atom stereocenters. The summed E-state index contributed by atoms with van der Waals surface area (Å²) >= 11 is 0. The normalized spacial score (nSPS) is 20.8. The molecule has 172 valence electrons. The van der Waals surface area contributed by atoms with Crippen LogP contribution >= 0.6 is 0 Å². The van der Waals surface area contributed by atoms with E-state index in [1.54, 1.807) is 0 Å². The Morgan fingerprint density at radius 1 is 1.25 bits per heavy atom. The average Bonchev–Trinajstić information content (AvgIpc) is 2.78. The van der Waals surface area contributed by atoms with Crippen molar-refractivity contribution in [2.45, 2.75) is 24.7 Å². The lowest BCUT2D eigenvalue weighted by Gasteiger charge is -2.33. The van der Waals surface area contributed by atoms with Crippen LogP contribution in [-0.4, -0.2) is 42.2 Å². The summed E-state index contributed by atoms with van der Waals surface area (Å²) in [6, 6.07) is 4.77. The van der Waals surface area contributed by atoms with Gasteiger partial charge in [0.2, 0.25) is 0 Å². The van der Waals surface area contributed by atoms with Crippen molar-refractivity contribution in [2.75, 3.05) is 18.5 Å². The highest BCUT2D eigenvalue weighted by molar-refractivity contribution is 6.02. The van der Waals surface area contributed by atoms with Gasteiger partial charge < -0.3 is 20.5 Å². The maximum Gasteiger partial charge on any atom is 0.573 e. The van der Waals surface area contributed by atoms with Crippen molar-refractivity contribution in [3.63, 3.8) is 0 Å². The van der Waals surface area contributed by atoms with Crippen molar-refractivity contribution in [1.29, 1.82) is 0 Å². The van der Waals surface area contributed by atoms with Gasteiger partial charge in [-0.15, -0.1) is 13.2 Å². The number of pyridine rings is 1. The Hall–Kier alpha value is -3.35. The number of nitrogens with zero attached hydrogens (tertiary/aromatic N) is 2. The molecule has 1 aliphatic rings. The average molecular weight is 462 g/mol. The molecule has 2 aromatic rings. The SMILES string of the molecule is C[C@]1(c2cc(NC(=O)c3ccc(OC(F)(F)F)cn3)ccc2F)N=C(N)COCC1(F)F. The number of ether oxygens (including phenoxy) is 2. The van der Waals surface area contributed by atoms with Crippen LogP contribution in [-0.2, 0) is 10.3 Å². The van der Waals surface area contributed by atoms with Crippen LogP contribution in [0.1, 0.15) is 23.0 Å². The number of amides is 1. The van der Waals surface area contributed by atoms with Crippen LogP contribution in [0.5, 0.6) is 5.75 Å². The fourth-order valence-corrected chi connectivity index (χ4v) is 2.96. The van der Waals surface area contributed by atoms with E-state index < -0.39 is 47.5 Å². The van der Waals surface area contributed by atoms with Gasteiger partial charge in [0.15, 0.2) is 5.54 Å². The first-order valence-corrected chi connectivity index (χ1v) is 8.94. The maximum absolute atomic E-state index is 14.7. The number of aromatic nitrogens is 1. The summed E-state index contributed by atoms with van der Waals surface area (Å²) in [7, 11) is 0. The Morgan fingerprint density at radius 2 is 1.97 bits per heavy atom. The first-order chi connectivity index (χ1) is 14.8. The molecule has 1 aromatic carbocycles. The molecule has 0 saturated heterocycles. The van der Waals surface area contributed by atoms with Crippen LogP contribution in [0, 0.1) is 5.82 Å². The van der Waals surface area contributed by atoms with Crippen molar-refractivity contribution in [3.05, 3.63) is 53.6 Å². The molecule has 13 heteroatoms. The van der Waals surface area contributed by atoms with Gasteiger partial charge in [0.05, 0.1) is 6.20 Å². The van der Waals surface area contributed by atoms with E-state index in [0.29, 0.717) is 6.20 Å². The van der Waals surface area contributed by atoms with Crippen molar-refractivity contribution in [2.24, 2.45) is 10.7 Å². The second kappa shape index (κ2) is 8.30. The summed E-state index contributed by atoms with van der Waals surface area (Å²) in [5, 5.41) is 2.32. The third-order valence-corrected chi connectivity index (χ3v) is 4.56. The Kier molecular flexibility index (Phi) is 6.05. The monoisotopic (exact) mass is 462 g/mol. The fraction of sp³-hybridized carbons (Fsp3) is 0.316. The molecule has 7 nitrogen and oxygen atoms in total. The number of alkyl halides is 5. The quantitative estimate of drug-likeness (QED) is 0.677. The van der Waals surface area contributed by atoms with E-state index in [4.69, 9.17) is 10.5 Å². The number of amidine groups is 1. The Labute approximate surface area is 177 Å². The maximum atomic E-state index is 14.7. The van der Waals surface area contributed by atoms with E-state index in [1.807, 2.05) is 0 Å². The smallest absolute Gasteiger partial charge is 0.404 e. The number of carbonyl (C=O) groups excluding carboxylic acids is 1. The van der Waals surface area contributed by atoms with Gasteiger partial charge in [0, 0.05) is 11.3 Å². The lowest BCUT2D eigenvalue weighted by Crippen LogP contribution is -2.45. The van der Waals surface area contributed by atoms with Crippen molar-refractivity contribution >= 4 is 17.4 Å². The number of benzene rings is 1. The summed E-state index contributed by atoms with van der Waals surface area (Å²) in [6.07, 6.45) is -4.24. The fourth-order valence-electron chi connectivity index (χ4n) is 2.96. The number of rotatable bonds is 4. The van der Waals surface area contributed by atoms with Crippen LogP contribution < -0.4 is 15.8 Å². The van der Waals surface area contributed by atoms with Crippen LogP contribution in [0.15, 0.2) is 41.5 Å². The van der Waals surface area contributed by atoms with Gasteiger partial charge >= 0.3 is 6.36 Å². The molecule has 32 heavy (non-hydrogen) atoms. The molecular weight excluding hydrogens is 446 g/mol. The van der Waals surface area contributed by atoms with Gasteiger partial charge in [0.25, 0.3) is 11.8 Å². The zero-order chi connectivity index (χ0) is 23.7. The molecule has 0 radical (unpaired) electrons. The van der Waals surface area contributed by atoms with E-state index >= 15 is 0 Å². The number of carbonyl (C=O) groups is 1. The molecular formula is C19H16F6N4O3. The van der Waals surface area contributed by atoms with Crippen LogP contribution in [0.4, 0.5) is 32.0 Å². The predicted molar refractivity (Wildman–Crippen MR) is 100 cm³/mol. The Morgan fingerprint density at radius 3 is 2.59 bits per heavy atom. The molecule has 1 amide bonds. The lowest BCUT2D eigenvalue weighted by molar-refractivity contribution is -0.274. The number of nitrogens with one attached hydrogen (secondary N) is 1. The number of nitrogens with two attached hydrogens (primary N) is 1. The number of halogens is 6. The second-order valence-corrected chi connectivity index (χ2v) is 6.95. The van der Waals surface area contributed by atoms with Gasteiger partial charge in [-0.2, -0.15) is 0 Å². The Bertz CT molecular complexity index is 1040. The number of aliphatic imine (C=N–C) groups is 1. The first-order valence-electron chi connectivity index (χ1n) is 8.94. The molecule has 0 bridgehead atoms. The highest BCUT2D eigenvalue weighted by Gasteiger charge is 2.54. The third kappa shape index (κ3) is 4.93. The molecule has 1 aliphatic heterocycles. The molecule has 2 heterocycles. The summed E-state index contributed by atoms with van der Waals surface area (Å²) in [4.78, 5) is 19.7. The second-order valence-electron chi connectivity index (χ2n) is 6.95. The van der Waals surface area contributed by atoms with Crippen molar-refractivity contribution in [3.8, 4) is 5.75 Å². The highest BCUT2D eigenvalue weighted by Crippen LogP contribution is 2.44. The third-order valence-electron chi connectivity index (χ3n) is 4.56. The van der Waals surface area contributed by atoms with Crippen LogP contribution in [0.3, 0.4) is 0 Å². The molecule has 0 spiro atoms. The summed E-state index contributed by atoms with van der Waals surface area (Å²) < 4.78 is 89.0. The van der Waals surface area contributed by atoms with Gasteiger partial charge in [-0.05, 0) is 37.3 Å². The van der Waals surface area contributed by atoms with Gasteiger partial charge in [0.1, 0.15) is 36.3 Å². The minimum absolute atomic E-state index is 0.0835. The standard InChI is InChI=1S/C19H16F6N4O3/c1-17(18(21,22)9-31-8-15(26)29-17)12-6-10(2-4-13(12)20)28-16(30)14-5-3-11(7-27-14)32-19(23,24)25/h2-7H,8-9H2,1H3,(H2,26,29)(H,28,30)/t17-/m1/s1. The largest absolute Gasteiger partial charge is 0.573 e. The summed E-state index contributed by atoms with van der Waals surface area (Å²) in [5.41, 5.74) is 2.22. The lowest BCUT2D eigenvalue weighted by atomic mass is 9.85. The molecule has 1 atom stereocenters. The number of anilines is 1. The van der Waals surface area contributed by atoms with E-state index in [9.17, 15) is 31.1 Å². The minimum Gasteiger partial charge on any atom is -0.404 e. The van der Waals surface area contributed by atoms with Gasteiger partial charge in [-0.25, -0.2) is 18.2 Å². The van der Waals surface area contributed by atoms with Crippen LogP contribution in [0.2, 0.25) is 0 Å². The molecule has 0 fully saturated rings. The topological polar surface area (TPSA) is 98.8 Å². The molecule has 1 aromatic heterocycles. The van der Waals surface area contributed by atoms with Crippen LogP contribution in [0.25, 0.3) is 0 Å². The zero-order valence-electron chi connectivity index (χ0n) is 16.3. The van der Waals surface area contributed by atoms with Crippen molar-refractivity contribution in [1.82, 2.24) is 4.98 Å². The van der Waals surface area contributed by atoms with E-state index in [0.717, 1.165) is 37.3 Å². The van der Waals surface area contributed by atoms with E-state index in [2.05, 4.69) is 20.0 Å². The number of hydrogen-bond donors (Lipinski definition) is 2. The minimum atomic E-state index is -4.93. The van der Waals surface area contributed by atoms with E-state index in [1.165, 1.54) is 0 Å². The molecule has 3 rings (SSSR count). The van der Waals surface area contributed by atoms with Gasteiger partial charge in [-0.3, -0.25) is 9.79 Å². The first kappa shape index (κ1) is 23.3. The van der Waals surface area contributed by atoms with Crippen molar-refractivity contribution < 1.29 is 40.6 Å². The highest BCUT2D eigenvalue weighted by atomic mass is 19.4. The van der Waals surface area contributed by atoms with Gasteiger partial charge in [-0.1, -0.05) is 0 Å². The Balaban J connectivity index is 1.87. The van der Waals surface area contributed by atoms with E-state index in [-0.39, 0.29) is 23.8 Å². The molecule has 0 saturated carbocycles. The number of hydrogen-bond acceptors (Lipinski definition) is 6. The molecule has 3 N–H and O–H groups in total. The predicted octanol–water partition coefficient (Wildman–Crippen LogP) is 3.61. The molecule has 0 aliphatic carbocycles.